The molecule has 0 aliphatic carbocycles. The van der Waals surface area contributed by atoms with E-state index in [0.717, 1.165) is 77.0 Å². The Morgan fingerprint density at radius 1 is 1.19 bits per heavy atom. The van der Waals surface area contributed by atoms with Crippen molar-refractivity contribution in [3.8, 4) is 0 Å². The fourth-order valence-corrected chi connectivity index (χ4v) is 2.93. The number of anilines is 1. The van der Waals surface area contributed by atoms with Gasteiger partial charge in [0.1, 0.15) is 0 Å². The maximum atomic E-state index is 11.1. The molecular weight excluding hydrogens is 342 g/mol. The smallest absolute Gasteiger partial charge is 0.221 e. The summed E-state index contributed by atoms with van der Waals surface area (Å²) >= 11 is 0. The molecule has 0 saturated carbocycles. The maximum Gasteiger partial charge on any atom is 0.221 e. The summed E-state index contributed by atoms with van der Waals surface area (Å²) < 4.78 is 5.37. The number of carbonyl (C=O) groups excluding carboxylic acids is 1. The fourth-order valence-electron chi connectivity index (χ4n) is 2.93. The van der Waals surface area contributed by atoms with Gasteiger partial charge in [-0.1, -0.05) is 12.1 Å². The zero-order valence-corrected chi connectivity index (χ0v) is 16.6. The molecule has 7 heteroatoms. The highest BCUT2D eigenvalue weighted by Gasteiger charge is 2.09. The molecule has 0 spiro atoms. The number of aliphatic imine (C=N–C) groups is 1. The molecule has 0 bridgehead atoms. The summed E-state index contributed by atoms with van der Waals surface area (Å²) in [4.78, 5) is 18.2. The normalized spacial score (nSPS) is 15.4. The monoisotopic (exact) mass is 375 g/mol. The van der Waals surface area contributed by atoms with Gasteiger partial charge in [-0.15, -0.1) is 0 Å². The lowest BCUT2D eigenvalue weighted by molar-refractivity contribution is -0.114. The molecule has 2 rings (SSSR count). The van der Waals surface area contributed by atoms with Gasteiger partial charge >= 0.3 is 0 Å². The minimum absolute atomic E-state index is 0.0514. The quantitative estimate of drug-likeness (QED) is 0.346. The summed E-state index contributed by atoms with van der Waals surface area (Å²) in [6.45, 7) is 10.9. The van der Waals surface area contributed by atoms with Gasteiger partial charge in [-0.2, -0.15) is 0 Å². The third-order valence-electron chi connectivity index (χ3n) is 4.33. The molecule has 0 radical (unpaired) electrons. The second kappa shape index (κ2) is 12.3. The van der Waals surface area contributed by atoms with E-state index in [9.17, 15) is 4.79 Å². The van der Waals surface area contributed by atoms with E-state index in [1.165, 1.54) is 12.5 Å². The number of rotatable bonds is 9. The molecular formula is C20H33N5O2. The topological polar surface area (TPSA) is 78.0 Å². The van der Waals surface area contributed by atoms with Crippen LogP contribution in [0.4, 0.5) is 5.69 Å². The third-order valence-corrected chi connectivity index (χ3v) is 4.33. The number of nitrogens with one attached hydrogen (secondary N) is 3. The average Bonchev–Trinajstić information content (AvgIpc) is 2.67. The predicted octanol–water partition coefficient (Wildman–Crippen LogP) is 1.46. The highest BCUT2D eigenvalue weighted by molar-refractivity contribution is 5.88. The lowest BCUT2D eigenvalue weighted by atomic mass is 10.1. The van der Waals surface area contributed by atoms with Crippen LogP contribution in [0.2, 0.25) is 0 Å². The number of benzene rings is 1. The van der Waals surface area contributed by atoms with E-state index < -0.39 is 0 Å². The molecule has 7 nitrogen and oxygen atoms in total. The van der Waals surface area contributed by atoms with E-state index in [1.54, 1.807) is 0 Å². The van der Waals surface area contributed by atoms with E-state index in [0.29, 0.717) is 0 Å². The minimum atomic E-state index is -0.0514. The van der Waals surface area contributed by atoms with Crippen molar-refractivity contribution in [3.05, 3.63) is 29.8 Å². The van der Waals surface area contributed by atoms with Crippen molar-refractivity contribution in [2.75, 3.05) is 57.8 Å². The zero-order valence-electron chi connectivity index (χ0n) is 16.6. The van der Waals surface area contributed by atoms with Gasteiger partial charge in [0.15, 0.2) is 5.96 Å². The Morgan fingerprint density at radius 2 is 1.93 bits per heavy atom. The Hall–Kier alpha value is -2.12. The van der Waals surface area contributed by atoms with Gasteiger partial charge in [-0.05, 0) is 37.5 Å². The number of hydrogen-bond donors (Lipinski definition) is 3. The van der Waals surface area contributed by atoms with Gasteiger partial charge in [-0.25, -0.2) is 0 Å². The van der Waals surface area contributed by atoms with Crippen LogP contribution >= 0.6 is 0 Å². The molecule has 0 aromatic heterocycles. The summed E-state index contributed by atoms with van der Waals surface area (Å²) in [6.07, 6.45) is 1.96. The fraction of sp³-hybridized carbons (Fsp3) is 0.600. The molecule has 1 aliphatic heterocycles. The number of ether oxygens (including phenoxy) is 1. The average molecular weight is 376 g/mol. The molecule has 1 aromatic rings. The van der Waals surface area contributed by atoms with Crippen LogP contribution in [0.3, 0.4) is 0 Å². The second-order valence-electron chi connectivity index (χ2n) is 6.62. The van der Waals surface area contributed by atoms with Crippen LogP contribution in [0.25, 0.3) is 0 Å². The third kappa shape index (κ3) is 8.88. The second-order valence-corrected chi connectivity index (χ2v) is 6.62. The van der Waals surface area contributed by atoms with Crippen molar-refractivity contribution < 1.29 is 9.53 Å². The minimum Gasteiger partial charge on any atom is -0.379 e. The SMILES string of the molecule is CCNC(=NCCCN1CCOCC1)NCCc1ccc(NC(C)=O)cc1. The van der Waals surface area contributed by atoms with Gasteiger partial charge in [0, 0.05) is 51.9 Å². The van der Waals surface area contributed by atoms with Crippen LogP contribution in [-0.4, -0.2) is 69.2 Å². The Kier molecular flexibility index (Phi) is 9.65. The molecule has 3 N–H and O–H groups in total. The van der Waals surface area contributed by atoms with Crippen LogP contribution in [0.15, 0.2) is 29.3 Å². The largest absolute Gasteiger partial charge is 0.379 e. The first-order valence-corrected chi connectivity index (χ1v) is 9.86. The number of carbonyl (C=O) groups is 1. The van der Waals surface area contributed by atoms with Gasteiger partial charge in [-0.3, -0.25) is 14.7 Å². The lowest BCUT2D eigenvalue weighted by Gasteiger charge is -2.26. The lowest BCUT2D eigenvalue weighted by Crippen LogP contribution is -2.39. The molecule has 150 valence electrons. The van der Waals surface area contributed by atoms with Crippen molar-refractivity contribution in [2.45, 2.75) is 26.7 Å². The van der Waals surface area contributed by atoms with Crippen molar-refractivity contribution >= 4 is 17.6 Å². The Bertz CT molecular complexity index is 583. The van der Waals surface area contributed by atoms with E-state index in [2.05, 4.69) is 32.8 Å². The predicted molar refractivity (Wildman–Crippen MR) is 110 cm³/mol. The molecule has 1 heterocycles. The molecule has 1 aliphatic rings. The number of nitrogens with zero attached hydrogens (tertiary/aromatic N) is 2. The summed E-state index contributed by atoms with van der Waals surface area (Å²) in [7, 11) is 0. The van der Waals surface area contributed by atoms with E-state index in [4.69, 9.17) is 4.74 Å². The molecule has 1 fully saturated rings. The van der Waals surface area contributed by atoms with Crippen LogP contribution in [0.1, 0.15) is 25.8 Å². The maximum absolute atomic E-state index is 11.1. The highest BCUT2D eigenvalue weighted by atomic mass is 16.5. The standard InChI is InChI=1S/C20H33N5O2/c1-3-21-20(22-10-4-12-25-13-15-27-16-14-25)23-11-9-18-5-7-19(8-6-18)24-17(2)26/h5-8H,3-4,9-16H2,1-2H3,(H,24,26)(H2,21,22,23). The van der Waals surface area contributed by atoms with Crippen molar-refractivity contribution in [1.29, 1.82) is 0 Å². The van der Waals surface area contributed by atoms with E-state index in [1.807, 2.05) is 24.3 Å². The van der Waals surface area contributed by atoms with Crippen LogP contribution in [0.5, 0.6) is 0 Å². The molecule has 0 unspecified atom stereocenters. The van der Waals surface area contributed by atoms with E-state index >= 15 is 0 Å². The molecule has 1 aromatic carbocycles. The summed E-state index contributed by atoms with van der Waals surface area (Å²) in [6, 6.07) is 7.95. The molecule has 1 saturated heterocycles. The number of amides is 1. The summed E-state index contributed by atoms with van der Waals surface area (Å²) in [5, 5.41) is 9.47. The number of hydrogen-bond acceptors (Lipinski definition) is 4. The van der Waals surface area contributed by atoms with Gasteiger partial charge in [0.05, 0.1) is 13.2 Å². The summed E-state index contributed by atoms with van der Waals surface area (Å²) in [5.41, 5.74) is 2.05. The Balaban J connectivity index is 1.68. The molecule has 1 amide bonds. The van der Waals surface area contributed by atoms with Gasteiger partial charge < -0.3 is 20.7 Å². The highest BCUT2D eigenvalue weighted by Crippen LogP contribution is 2.09. The van der Waals surface area contributed by atoms with Gasteiger partial charge in [0.2, 0.25) is 5.91 Å². The van der Waals surface area contributed by atoms with Gasteiger partial charge in [0.25, 0.3) is 0 Å². The molecule has 27 heavy (non-hydrogen) atoms. The van der Waals surface area contributed by atoms with Crippen LogP contribution in [0, 0.1) is 0 Å². The molecule has 0 atom stereocenters. The zero-order chi connectivity index (χ0) is 19.3. The number of guanidine groups is 1. The van der Waals surface area contributed by atoms with Crippen molar-refractivity contribution in [2.24, 2.45) is 4.99 Å². The number of morpholine rings is 1. The van der Waals surface area contributed by atoms with Crippen LogP contribution in [-0.2, 0) is 16.0 Å². The first-order valence-electron chi connectivity index (χ1n) is 9.86. The summed E-state index contributed by atoms with van der Waals surface area (Å²) in [5.74, 6) is 0.818. The Labute approximate surface area is 162 Å². The Morgan fingerprint density at radius 3 is 2.59 bits per heavy atom. The van der Waals surface area contributed by atoms with E-state index in [-0.39, 0.29) is 5.91 Å². The van der Waals surface area contributed by atoms with Crippen molar-refractivity contribution in [1.82, 2.24) is 15.5 Å². The first-order chi connectivity index (χ1) is 13.2. The van der Waals surface area contributed by atoms with Crippen molar-refractivity contribution in [3.63, 3.8) is 0 Å². The van der Waals surface area contributed by atoms with Crippen LogP contribution < -0.4 is 16.0 Å². The first kappa shape index (κ1) is 21.2.